The molecule has 0 atom stereocenters. The molecule has 9 heteroatoms. The van der Waals surface area contributed by atoms with Crippen LogP contribution in [0.3, 0.4) is 0 Å². The Morgan fingerprint density at radius 3 is 2.67 bits per heavy atom. The normalized spacial score (nSPS) is 16.2. The highest BCUT2D eigenvalue weighted by atomic mass is 32.2. The van der Waals surface area contributed by atoms with Gasteiger partial charge in [0.25, 0.3) is 0 Å². The minimum atomic E-state index is -3.20. The molecule has 0 spiro atoms. The van der Waals surface area contributed by atoms with Gasteiger partial charge in [0.05, 0.1) is 30.5 Å². The number of aromatic nitrogens is 1. The number of para-hydroxylation sites is 1. The number of hydrogen-bond donors (Lipinski definition) is 0. The molecular formula is C18H22N2O5S2. The van der Waals surface area contributed by atoms with Crippen molar-refractivity contribution in [3.05, 3.63) is 35.3 Å². The van der Waals surface area contributed by atoms with Gasteiger partial charge in [-0.05, 0) is 25.0 Å². The molecule has 0 aliphatic carbocycles. The van der Waals surface area contributed by atoms with Crippen molar-refractivity contribution in [2.24, 2.45) is 5.92 Å². The molecule has 0 bridgehead atoms. The molecule has 146 valence electrons. The molecule has 3 rings (SSSR count). The van der Waals surface area contributed by atoms with Crippen LogP contribution in [0, 0.1) is 5.92 Å². The third-order valence-electron chi connectivity index (χ3n) is 4.51. The monoisotopic (exact) mass is 410 g/mol. The Kier molecular flexibility index (Phi) is 6.13. The summed E-state index contributed by atoms with van der Waals surface area (Å²) in [7, 11) is -1.58. The standard InChI is InChI=1S/C18H22N2O5S2/c1-24-16-6-4-3-5-15(16)17-19-14(12-26-17)11-25-18(21)13-7-9-20(10-8-13)27(2,22)23/h3-6,12-13H,7-11H2,1-2H3. The van der Waals surface area contributed by atoms with Gasteiger partial charge in [-0.1, -0.05) is 12.1 Å². The summed E-state index contributed by atoms with van der Waals surface area (Å²) >= 11 is 1.47. The lowest BCUT2D eigenvalue weighted by Gasteiger charge is -2.28. The summed E-state index contributed by atoms with van der Waals surface area (Å²) in [5.74, 6) is 0.179. The number of esters is 1. The van der Waals surface area contributed by atoms with Crippen LogP contribution in [0.4, 0.5) is 0 Å². The van der Waals surface area contributed by atoms with E-state index in [1.54, 1.807) is 7.11 Å². The van der Waals surface area contributed by atoms with Crippen LogP contribution >= 0.6 is 11.3 Å². The molecule has 0 amide bonds. The van der Waals surface area contributed by atoms with E-state index >= 15 is 0 Å². The summed E-state index contributed by atoms with van der Waals surface area (Å²) in [6, 6.07) is 7.62. The predicted octanol–water partition coefficient (Wildman–Crippen LogP) is 2.53. The fourth-order valence-electron chi connectivity index (χ4n) is 3.00. The fraction of sp³-hybridized carbons (Fsp3) is 0.444. The lowest BCUT2D eigenvalue weighted by Crippen LogP contribution is -2.40. The molecule has 27 heavy (non-hydrogen) atoms. The summed E-state index contributed by atoms with van der Waals surface area (Å²) in [6.07, 6.45) is 2.15. The zero-order valence-electron chi connectivity index (χ0n) is 15.3. The number of carbonyl (C=O) groups is 1. The summed E-state index contributed by atoms with van der Waals surface area (Å²) < 4.78 is 35.2. The maximum absolute atomic E-state index is 12.3. The highest BCUT2D eigenvalue weighted by Gasteiger charge is 2.30. The first-order valence-electron chi connectivity index (χ1n) is 8.58. The van der Waals surface area contributed by atoms with E-state index < -0.39 is 10.0 Å². The number of hydrogen-bond acceptors (Lipinski definition) is 7. The van der Waals surface area contributed by atoms with Crippen LogP contribution in [0.5, 0.6) is 5.75 Å². The molecule has 0 N–H and O–H groups in total. The van der Waals surface area contributed by atoms with Crippen LogP contribution in [0.1, 0.15) is 18.5 Å². The Labute approximate surface area is 163 Å². The predicted molar refractivity (Wildman–Crippen MR) is 103 cm³/mol. The maximum atomic E-state index is 12.3. The van der Waals surface area contributed by atoms with Crippen molar-refractivity contribution >= 4 is 27.3 Å². The Morgan fingerprint density at radius 2 is 2.00 bits per heavy atom. The van der Waals surface area contributed by atoms with Crippen molar-refractivity contribution in [2.75, 3.05) is 26.5 Å². The molecule has 0 unspecified atom stereocenters. The van der Waals surface area contributed by atoms with E-state index in [0.717, 1.165) is 16.3 Å². The molecule has 1 aliphatic rings. The number of nitrogens with zero attached hydrogens (tertiary/aromatic N) is 2. The molecule has 1 aromatic heterocycles. The van der Waals surface area contributed by atoms with Crippen molar-refractivity contribution in [2.45, 2.75) is 19.4 Å². The SMILES string of the molecule is COc1ccccc1-c1nc(COC(=O)C2CCN(S(C)(=O)=O)CC2)cs1. The molecule has 1 saturated heterocycles. The third kappa shape index (κ3) is 4.85. The average Bonchev–Trinajstić information content (AvgIpc) is 3.14. The third-order valence-corrected chi connectivity index (χ3v) is 6.74. The number of carbonyl (C=O) groups excluding carboxylic acids is 1. The zero-order valence-corrected chi connectivity index (χ0v) is 16.9. The summed E-state index contributed by atoms with van der Waals surface area (Å²) in [5, 5.41) is 2.67. The first-order valence-corrected chi connectivity index (χ1v) is 11.3. The quantitative estimate of drug-likeness (QED) is 0.681. The number of benzene rings is 1. The smallest absolute Gasteiger partial charge is 0.309 e. The van der Waals surface area contributed by atoms with E-state index in [2.05, 4.69) is 4.98 Å². The van der Waals surface area contributed by atoms with E-state index in [1.165, 1.54) is 21.9 Å². The number of thiazole rings is 1. The van der Waals surface area contributed by atoms with Crippen molar-refractivity contribution in [1.82, 2.24) is 9.29 Å². The average molecular weight is 411 g/mol. The maximum Gasteiger partial charge on any atom is 0.309 e. The van der Waals surface area contributed by atoms with Crippen LogP contribution in [-0.2, 0) is 26.2 Å². The van der Waals surface area contributed by atoms with E-state index in [1.807, 2.05) is 29.6 Å². The number of methoxy groups -OCH3 is 1. The number of rotatable bonds is 6. The Balaban J connectivity index is 1.55. The first-order chi connectivity index (χ1) is 12.9. The van der Waals surface area contributed by atoms with Crippen molar-refractivity contribution < 1.29 is 22.7 Å². The van der Waals surface area contributed by atoms with E-state index in [0.29, 0.717) is 31.6 Å². The van der Waals surface area contributed by atoms with Gasteiger partial charge in [0.15, 0.2) is 0 Å². The summed E-state index contributed by atoms with van der Waals surface area (Å²) in [5.41, 5.74) is 1.58. The van der Waals surface area contributed by atoms with Crippen LogP contribution in [0.25, 0.3) is 10.6 Å². The van der Waals surface area contributed by atoms with Crippen LogP contribution in [0.15, 0.2) is 29.6 Å². The highest BCUT2D eigenvalue weighted by Crippen LogP contribution is 2.32. The Hall–Kier alpha value is -1.97. The van der Waals surface area contributed by atoms with Gasteiger partial charge in [-0.2, -0.15) is 0 Å². The lowest BCUT2D eigenvalue weighted by molar-refractivity contribution is -0.151. The minimum absolute atomic E-state index is 0.108. The van der Waals surface area contributed by atoms with E-state index in [-0.39, 0.29) is 18.5 Å². The molecule has 2 aromatic rings. The van der Waals surface area contributed by atoms with Gasteiger partial charge in [-0.25, -0.2) is 17.7 Å². The Morgan fingerprint density at radius 1 is 1.30 bits per heavy atom. The minimum Gasteiger partial charge on any atom is -0.496 e. The van der Waals surface area contributed by atoms with Gasteiger partial charge in [-0.15, -0.1) is 11.3 Å². The van der Waals surface area contributed by atoms with Gasteiger partial charge in [0.1, 0.15) is 17.4 Å². The molecule has 0 saturated carbocycles. The van der Waals surface area contributed by atoms with Gasteiger partial charge >= 0.3 is 5.97 Å². The second-order valence-electron chi connectivity index (χ2n) is 6.39. The van der Waals surface area contributed by atoms with Crippen LogP contribution in [0.2, 0.25) is 0 Å². The number of ether oxygens (including phenoxy) is 2. The summed E-state index contributed by atoms with van der Waals surface area (Å²) in [4.78, 5) is 16.8. The fourth-order valence-corrected chi connectivity index (χ4v) is 4.71. The van der Waals surface area contributed by atoms with Gasteiger partial charge in [0, 0.05) is 18.5 Å². The van der Waals surface area contributed by atoms with Crippen LogP contribution < -0.4 is 4.74 Å². The molecular weight excluding hydrogens is 388 g/mol. The second kappa shape index (κ2) is 8.37. The molecule has 1 aliphatic heterocycles. The van der Waals surface area contributed by atoms with Gasteiger partial charge in [0.2, 0.25) is 10.0 Å². The Bertz CT molecular complexity index is 902. The van der Waals surface area contributed by atoms with Gasteiger partial charge in [-0.3, -0.25) is 4.79 Å². The summed E-state index contributed by atoms with van der Waals surface area (Å²) in [6.45, 7) is 0.817. The highest BCUT2D eigenvalue weighted by molar-refractivity contribution is 7.88. The van der Waals surface area contributed by atoms with Crippen molar-refractivity contribution in [3.63, 3.8) is 0 Å². The van der Waals surface area contributed by atoms with E-state index in [4.69, 9.17) is 9.47 Å². The van der Waals surface area contributed by atoms with Crippen molar-refractivity contribution in [3.8, 4) is 16.3 Å². The first kappa shape index (κ1) is 19.8. The topological polar surface area (TPSA) is 85.8 Å². The van der Waals surface area contributed by atoms with Gasteiger partial charge < -0.3 is 9.47 Å². The van der Waals surface area contributed by atoms with Crippen LogP contribution in [-0.4, -0.2) is 50.1 Å². The number of sulfonamides is 1. The van der Waals surface area contributed by atoms with Crippen molar-refractivity contribution in [1.29, 1.82) is 0 Å². The number of piperidine rings is 1. The molecule has 1 fully saturated rings. The molecule has 7 nitrogen and oxygen atoms in total. The molecule has 2 heterocycles. The largest absolute Gasteiger partial charge is 0.496 e. The molecule has 1 aromatic carbocycles. The second-order valence-corrected chi connectivity index (χ2v) is 9.23. The van der Waals surface area contributed by atoms with E-state index in [9.17, 15) is 13.2 Å². The molecule has 0 radical (unpaired) electrons. The zero-order chi connectivity index (χ0) is 19.4. The lowest BCUT2D eigenvalue weighted by atomic mass is 9.98.